The average Bonchev–Trinajstić information content (AvgIpc) is 3.42. The summed E-state index contributed by atoms with van der Waals surface area (Å²) in [6.07, 6.45) is 27.3. The van der Waals surface area contributed by atoms with Gasteiger partial charge in [-0.15, -0.1) is 0 Å². The van der Waals surface area contributed by atoms with E-state index in [0.717, 1.165) is 67.6 Å². The van der Waals surface area contributed by atoms with Gasteiger partial charge < -0.3 is 14.3 Å². The van der Waals surface area contributed by atoms with E-state index in [9.17, 15) is 5.11 Å². The number of aliphatic hydroxyl groups excluding tert-OH is 1. The van der Waals surface area contributed by atoms with Gasteiger partial charge in [0.25, 0.3) is 0 Å². The Morgan fingerprint density at radius 1 is 1.02 bits per heavy atom. The van der Waals surface area contributed by atoms with E-state index < -0.39 is 0 Å². The van der Waals surface area contributed by atoms with Crippen LogP contribution in [0.3, 0.4) is 0 Å². The highest BCUT2D eigenvalue weighted by molar-refractivity contribution is 5.97. The first-order chi connectivity index (χ1) is 20.6. The smallest absolute Gasteiger partial charge is 0.217 e. The summed E-state index contributed by atoms with van der Waals surface area (Å²) in [5, 5.41) is 12.1. The van der Waals surface area contributed by atoms with Gasteiger partial charge in [0.05, 0.1) is 11.3 Å². The van der Waals surface area contributed by atoms with Crippen LogP contribution in [0, 0.1) is 5.92 Å². The zero-order chi connectivity index (χ0) is 28.6. The van der Waals surface area contributed by atoms with Crippen LogP contribution in [0.2, 0.25) is 0 Å². The molecule has 7 rings (SSSR count). The first kappa shape index (κ1) is 26.8. The van der Waals surface area contributed by atoms with Crippen molar-refractivity contribution in [3.8, 4) is 5.88 Å². The second kappa shape index (κ2) is 11.3. The van der Waals surface area contributed by atoms with Crippen LogP contribution >= 0.6 is 0 Å². The Bertz CT molecular complexity index is 1710. The maximum atomic E-state index is 10.8. The molecule has 0 spiro atoms. The predicted octanol–water partition coefficient (Wildman–Crippen LogP) is 9.53. The van der Waals surface area contributed by atoms with Crippen molar-refractivity contribution in [2.24, 2.45) is 5.92 Å². The number of benzene rings is 1. The zero-order valence-electron chi connectivity index (χ0n) is 24.5. The quantitative estimate of drug-likeness (QED) is 0.298. The molecule has 0 aliphatic heterocycles. The largest absolute Gasteiger partial charge is 0.512 e. The monoisotopic (exact) mass is 558 g/mol. The number of allylic oxidation sites excluding steroid dienone is 10. The van der Waals surface area contributed by atoms with E-state index in [1.165, 1.54) is 22.1 Å². The number of unbranched alkanes of at least 4 members (excludes halogenated alkanes) is 1. The summed E-state index contributed by atoms with van der Waals surface area (Å²) in [5.41, 5.74) is 7.47. The molecule has 3 unspecified atom stereocenters. The molecule has 5 nitrogen and oxygen atoms in total. The molecule has 0 saturated carbocycles. The number of nitrogens with zero attached hydrogens (tertiary/aromatic N) is 2. The Kier molecular flexibility index (Phi) is 7.19. The van der Waals surface area contributed by atoms with Gasteiger partial charge in [-0.25, -0.2) is 4.98 Å². The van der Waals surface area contributed by atoms with Gasteiger partial charge in [0.2, 0.25) is 5.88 Å². The molecule has 0 fully saturated rings. The number of aryl methyl sites for hydroxylation is 1. The molecule has 2 heterocycles. The summed E-state index contributed by atoms with van der Waals surface area (Å²) < 4.78 is 13.1. The number of furan rings is 1. The maximum absolute atomic E-state index is 10.8. The van der Waals surface area contributed by atoms with Crippen molar-refractivity contribution in [2.75, 3.05) is 0 Å². The van der Waals surface area contributed by atoms with Gasteiger partial charge in [-0.2, -0.15) is 4.98 Å². The Morgan fingerprint density at radius 2 is 1.86 bits per heavy atom. The molecule has 4 aliphatic rings. The second-order valence-electron chi connectivity index (χ2n) is 11.8. The van der Waals surface area contributed by atoms with E-state index in [0.29, 0.717) is 29.5 Å². The molecule has 1 N–H and O–H groups in total. The number of hydrogen-bond acceptors (Lipinski definition) is 5. The van der Waals surface area contributed by atoms with Gasteiger partial charge in [-0.3, -0.25) is 0 Å². The van der Waals surface area contributed by atoms with Crippen molar-refractivity contribution in [2.45, 2.75) is 77.2 Å². The number of fused-ring (bicyclic) bond motifs is 7. The topological polar surface area (TPSA) is 68.4 Å². The summed E-state index contributed by atoms with van der Waals surface area (Å²) in [4.78, 5) is 9.92. The van der Waals surface area contributed by atoms with Crippen molar-refractivity contribution in [3.63, 3.8) is 0 Å². The van der Waals surface area contributed by atoms with Crippen molar-refractivity contribution in [1.29, 1.82) is 0 Å². The molecule has 1 aromatic carbocycles. The number of hydrogen-bond donors (Lipinski definition) is 1. The molecular weight excluding hydrogens is 520 g/mol. The highest BCUT2D eigenvalue weighted by Crippen LogP contribution is 2.50. The van der Waals surface area contributed by atoms with Gasteiger partial charge in [0, 0.05) is 35.3 Å². The molecule has 3 atom stereocenters. The van der Waals surface area contributed by atoms with E-state index >= 15 is 0 Å². The summed E-state index contributed by atoms with van der Waals surface area (Å²) >= 11 is 0. The molecular formula is C37H38N2O3. The predicted molar refractivity (Wildman–Crippen MR) is 170 cm³/mol. The standard InChI is InChI=1S/C37H38N2O3/c1-3-5-13-24(4-2)41-34-22-30(38-37(39-34)28-17-10-11-18-31(28)40)29-21-33-36(27-16-9-8-15-26(27)29)35-25-14-7-6-12-23(25)19-20-32(35)42-33/h6,8-10,12,15-17,19-22,24,26-27,40H,3-5,7,11,13-14,18H2,1-2H3. The van der Waals surface area contributed by atoms with E-state index in [2.05, 4.69) is 74.6 Å². The first-order valence-electron chi connectivity index (χ1n) is 15.6. The van der Waals surface area contributed by atoms with Crippen LogP contribution in [0.15, 0.2) is 70.9 Å². The minimum absolute atomic E-state index is 0.0813. The molecule has 214 valence electrons. The van der Waals surface area contributed by atoms with Crippen LogP contribution in [0.25, 0.3) is 34.3 Å². The van der Waals surface area contributed by atoms with Gasteiger partial charge in [-0.1, -0.05) is 81.4 Å². The summed E-state index contributed by atoms with van der Waals surface area (Å²) in [6.45, 7) is 4.36. The lowest BCUT2D eigenvalue weighted by atomic mass is 9.72. The molecule has 5 heteroatoms. The lowest BCUT2D eigenvalue weighted by Gasteiger charge is -2.31. The van der Waals surface area contributed by atoms with Crippen molar-refractivity contribution < 1.29 is 14.3 Å². The summed E-state index contributed by atoms with van der Waals surface area (Å²) in [7, 11) is 0. The first-order valence-corrected chi connectivity index (χ1v) is 15.6. The highest BCUT2D eigenvalue weighted by atomic mass is 16.5. The average molecular weight is 559 g/mol. The van der Waals surface area contributed by atoms with Gasteiger partial charge in [0.15, 0.2) is 5.82 Å². The SMILES string of the molecule is CCCCC(CC)Oc1cc(C2=Cc3oc4ccc5c(c4c3C3C=CC=CC23)CCC=C5)nc(C2=C(O)CCC=C2)n1. The minimum Gasteiger partial charge on any atom is -0.512 e. The van der Waals surface area contributed by atoms with Gasteiger partial charge in [0.1, 0.15) is 23.2 Å². The van der Waals surface area contributed by atoms with Crippen molar-refractivity contribution >= 4 is 34.3 Å². The number of aliphatic hydroxyl groups is 1. The number of ether oxygens (including phenoxy) is 1. The van der Waals surface area contributed by atoms with Crippen molar-refractivity contribution in [3.05, 3.63) is 100 Å². The number of rotatable bonds is 8. The van der Waals surface area contributed by atoms with E-state index in [4.69, 9.17) is 19.1 Å². The van der Waals surface area contributed by atoms with Gasteiger partial charge >= 0.3 is 0 Å². The van der Waals surface area contributed by atoms with E-state index in [-0.39, 0.29) is 17.9 Å². The van der Waals surface area contributed by atoms with E-state index in [1.807, 2.05) is 12.1 Å². The molecule has 42 heavy (non-hydrogen) atoms. The van der Waals surface area contributed by atoms with Crippen LogP contribution in [-0.2, 0) is 6.42 Å². The second-order valence-corrected chi connectivity index (χ2v) is 11.8. The van der Waals surface area contributed by atoms with Crippen LogP contribution in [0.4, 0.5) is 0 Å². The normalized spacial score (nSPS) is 21.2. The zero-order valence-corrected chi connectivity index (χ0v) is 24.5. The molecule has 0 radical (unpaired) electrons. The van der Waals surface area contributed by atoms with Gasteiger partial charge in [-0.05, 0) is 60.9 Å². The molecule has 4 aliphatic carbocycles. The third-order valence-electron chi connectivity index (χ3n) is 9.04. The molecule has 0 bridgehead atoms. The Balaban J connectivity index is 1.39. The lowest BCUT2D eigenvalue weighted by Crippen LogP contribution is -2.20. The third-order valence-corrected chi connectivity index (χ3v) is 9.04. The highest BCUT2D eigenvalue weighted by Gasteiger charge is 2.36. The fraction of sp³-hybridized carbons (Fsp3) is 0.351. The Labute approximate surface area is 247 Å². The number of aromatic nitrogens is 2. The van der Waals surface area contributed by atoms with Crippen LogP contribution in [0.5, 0.6) is 5.88 Å². The molecule has 0 amide bonds. The van der Waals surface area contributed by atoms with Crippen LogP contribution < -0.4 is 4.74 Å². The molecule has 0 saturated heterocycles. The fourth-order valence-electron chi connectivity index (χ4n) is 6.84. The molecule has 2 aromatic heterocycles. The minimum atomic E-state index is 0.0813. The lowest BCUT2D eigenvalue weighted by molar-refractivity contribution is 0.175. The summed E-state index contributed by atoms with van der Waals surface area (Å²) in [5.74, 6) is 2.53. The summed E-state index contributed by atoms with van der Waals surface area (Å²) in [6, 6.07) is 6.28. The fourth-order valence-corrected chi connectivity index (χ4v) is 6.84. The maximum Gasteiger partial charge on any atom is 0.217 e. The van der Waals surface area contributed by atoms with E-state index in [1.54, 1.807) is 0 Å². The van der Waals surface area contributed by atoms with Crippen LogP contribution in [-0.4, -0.2) is 21.2 Å². The van der Waals surface area contributed by atoms with Crippen molar-refractivity contribution in [1.82, 2.24) is 9.97 Å². The molecule has 3 aromatic rings. The van der Waals surface area contributed by atoms with Crippen LogP contribution in [0.1, 0.15) is 98.7 Å². The Hall–Kier alpha value is -4.12. The Morgan fingerprint density at radius 3 is 2.69 bits per heavy atom. The third kappa shape index (κ3) is 4.75.